The highest BCUT2D eigenvalue weighted by Crippen LogP contribution is 2.30. The zero-order valence-electron chi connectivity index (χ0n) is 16.4. The Morgan fingerprint density at radius 1 is 1.17 bits per heavy atom. The molecule has 7 nitrogen and oxygen atoms in total. The van der Waals surface area contributed by atoms with E-state index in [2.05, 4.69) is 15.4 Å². The van der Waals surface area contributed by atoms with Gasteiger partial charge >= 0.3 is 5.97 Å². The highest BCUT2D eigenvalue weighted by Gasteiger charge is 2.20. The lowest BCUT2D eigenvalue weighted by Gasteiger charge is -2.03. The van der Waals surface area contributed by atoms with E-state index in [0.29, 0.717) is 32.1 Å². The van der Waals surface area contributed by atoms with Crippen molar-refractivity contribution in [3.63, 3.8) is 0 Å². The Bertz CT molecular complexity index is 1260. The van der Waals surface area contributed by atoms with Gasteiger partial charge in [0.15, 0.2) is 5.13 Å². The first kappa shape index (κ1) is 20.5. The number of hydrogen-bond acceptors (Lipinski definition) is 7. The Labute approximate surface area is 185 Å². The van der Waals surface area contributed by atoms with Gasteiger partial charge in [-0.2, -0.15) is 5.10 Å². The first-order chi connectivity index (χ1) is 14.4. The molecule has 3 aromatic heterocycles. The second-order valence-electron chi connectivity index (χ2n) is 6.58. The molecule has 0 aliphatic rings. The zero-order valence-corrected chi connectivity index (χ0v) is 18.7. The third-order valence-electron chi connectivity index (χ3n) is 4.46. The van der Waals surface area contributed by atoms with Gasteiger partial charge in [0.05, 0.1) is 29.9 Å². The Morgan fingerprint density at radius 2 is 1.90 bits per heavy atom. The minimum Gasteiger partial charge on any atom is -0.465 e. The van der Waals surface area contributed by atoms with Crippen LogP contribution in [0, 0.1) is 13.8 Å². The van der Waals surface area contributed by atoms with E-state index in [1.165, 1.54) is 18.4 Å². The molecule has 0 aliphatic carbocycles. The van der Waals surface area contributed by atoms with Crippen molar-refractivity contribution < 1.29 is 14.3 Å². The van der Waals surface area contributed by atoms with Gasteiger partial charge in [0, 0.05) is 10.4 Å². The number of halogens is 1. The number of anilines is 1. The molecule has 0 bridgehead atoms. The number of aryl methyl sites for hydroxylation is 2. The molecule has 30 heavy (non-hydrogen) atoms. The molecule has 1 amide bonds. The number of aromatic nitrogens is 3. The number of carbonyl (C=O) groups is 2. The van der Waals surface area contributed by atoms with Crippen LogP contribution in [0.25, 0.3) is 10.2 Å². The van der Waals surface area contributed by atoms with Crippen molar-refractivity contribution >= 4 is 61.5 Å². The van der Waals surface area contributed by atoms with Crippen LogP contribution in [-0.2, 0) is 11.3 Å². The maximum atomic E-state index is 12.8. The van der Waals surface area contributed by atoms with E-state index < -0.39 is 5.97 Å². The lowest BCUT2D eigenvalue weighted by atomic mass is 10.2. The first-order valence-electron chi connectivity index (χ1n) is 8.94. The molecule has 0 unspecified atom stereocenters. The number of fused-ring (bicyclic) bond motifs is 1. The summed E-state index contributed by atoms with van der Waals surface area (Å²) in [6.45, 7) is 4.20. The molecule has 0 saturated carbocycles. The average Bonchev–Trinajstić information content (AvgIpc) is 3.39. The van der Waals surface area contributed by atoms with Gasteiger partial charge in [0.25, 0.3) is 5.91 Å². The molecule has 4 rings (SSSR count). The number of esters is 1. The lowest BCUT2D eigenvalue weighted by molar-refractivity contribution is 0.0605. The van der Waals surface area contributed by atoms with Crippen molar-refractivity contribution in [3.05, 3.63) is 62.1 Å². The molecule has 0 saturated heterocycles. The minimum atomic E-state index is -0.467. The van der Waals surface area contributed by atoms with E-state index in [1.54, 1.807) is 6.92 Å². The summed E-state index contributed by atoms with van der Waals surface area (Å²) in [5.41, 5.74) is 2.44. The van der Waals surface area contributed by atoms with Crippen LogP contribution in [-0.4, -0.2) is 33.8 Å². The Morgan fingerprint density at radius 3 is 2.60 bits per heavy atom. The van der Waals surface area contributed by atoms with E-state index in [1.807, 2.05) is 41.9 Å². The summed E-state index contributed by atoms with van der Waals surface area (Å²) in [7, 11) is 1.31. The van der Waals surface area contributed by atoms with Gasteiger partial charge in [-0.25, -0.2) is 9.78 Å². The number of thiazole rings is 1. The van der Waals surface area contributed by atoms with Crippen molar-refractivity contribution in [2.75, 3.05) is 12.4 Å². The fourth-order valence-electron chi connectivity index (χ4n) is 2.99. The number of methoxy groups -OCH3 is 1. The number of ether oxygens (including phenoxy) is 1. The molecule has 0 radical (unpaired) electrons. The van der Waals surface area contributed by atoms with E-state index in [4.69, 9.17) is 16.3 Å². The van der Waals surface area contributed by atoms with Gasteiger partial charge in [0.2, 0.25) is 0 Å². The average molecular weight is 461 g/mol. The largest absolute Gasteiger partial charge is 0.465 e. The highest BCUT2D eigenvalue weighted by molar-refractivity contribution is 7.21. The number of benzene rings is 1. The third-order valence-corrected chi connectivity index (χ3v) is 6.92. The van der Waals surface area contributed by atoms with Crippen molar-refractivity contribution in [2.45, 2.75) is 20.4 Å². The van der Waals surface area contributed by atoms with Crippen molar-refractivity contribution in [3.8, 4) is 0 Å². The standard InChI is InChI=1S/C20H17ClN4O3S2/c1-10-14-8-15(17(26)23-20-22-11(2)16(30-20)19(27)28-3)29-18(14)25(24-10)9-12-4-6-13(21)7-5-12/h4-8H,9H2,1-3H3,(H,22,23,26). The van der Waals surface area contributed by atoms with Crippen LogP contribution in [0.5, 0.6) is 0 Å². The predicted molar refractivity (Wildman–Crippen MR) is 119 cm³/mol. The quantitative estimate of drug-likeness (QED) is 0.427. The fraction of sp³-hybridized carbons (Fsp3) is 0.200. The topological polar surface area (TPSA) is 86.1 Å². The smallest absolute Gasteiger partial charge is 0.350 e. The van der Waals surface area contributed by atoms with Crippen LogP contribution in [0.1, 0.15) is 36.3 Å². The van der Waals surface area contributed by atoms with Crippen LogP contribution < -0.4 is 5.32 Å². The maximum Gasteiger partial charge on any atom is 0.350 e. The number of rotatable bonds is 5. The van der Waals surface area contributed by atoms with E-state index in [-0.39, 0.29) is 5.91 Å². The minimum absolute atomic E-state index is 0.279. The molecule has 0 aliphatic heterocycles. The van der Waals surface area contributed by atoms with Crippen LogP contribution in [0.4, 0.5) is 5.13 Å². The Balaban J connectivity index is 1.58. The number of hydrogen-bond donors (Lipinski definition) is 1. The van der Waals surface area contributed by atoms with Crippen LogP contribution in [0.15, 0.2) is 30.3 Å². The van der Waals surface area contributed by atoms with Crippen molar-refractivity contribution in [2.24, 2.45) is 0 Å². The molecule has 1 N–H and O–H groups in total. The second-order valence-corrected chi connectivity index (χ2v) is 9.04. The fourth-order valence-corrected chi connectivity index (χ4v) is 5.05. The second kappa shape index (κ2) is 8.17. The number of thiophene rings is 1. The van der Waals surface area contributed by atoms with E-state index in [0.717, 1.165) is 32.8 Å². The van der Waals surface area contributed by atoms with Gasteiger partial charge in [-0.05, 0) is 37.6 Å². The molecule has 3 heterocycles. The Kier molecular flexibility index (Phi) is 5.59. The predicted octanol–water partition coefficient (Wildman–Crippen LogP) is 4.91. The molecular formula is C20H17ClN4O3S2. The summed E-state index contributed by atoms with van der Waals surface area (Å²) in [5.74, 6) is -0.746. The number of nitrogens with zero attached hydrogens (tertiary/aromatic N) is 3. The first-order valence-corrected chi connectivity index (χ1v) is 10.9. The molecule has 1 aromatic carbocycles. The van der Waals surface area contributed by atoms with Crippen LogP contribution in [0.2, 0.25) is 5.02 Å². The summed E-state index contributed by atoms with van der Waals surface area (Å²) in [6.07, 6.45) is 0. The molecule has 0 atom stereocenters. The summed E-state index contributed by atoms with van der Waals surface area (Å²) >= 11 is 8.42. The van der Waals surface area contributed by atoms with E-state index >= 15 is 0 Å². The van der Waals surface area contributed by atoms with Crippen molar-refractivity contribution in [1.82, 2.24) is 14.8 Å². The van der Waals surface area contributed by atoms with Crippen LogP contribution >= 0.6 is 34.3 Å². The number of carbonyl (C=O) groups excluding carboxylic acids is 2. The normalized spacial score (nSPS) is 11.1. The van der Waals surface area contributed by atoms with Gasteiger partial charge in [-0.15, -0.1) is 11.3 Å². The van der Waals surface area contributed by atoms with Crippen LogP contribution in [0.3, 0.4) is 0 Å². The van der Waals surface area contributed by atoms with Gasteiger partial charge < -0.3 is 4.74 Å². The van der Waals surface area contributed by atoms with Gasteiger partial charge in [-0.1, -0.05) is 35.1 Å². The SMILES string of the molecule is COC(=O)c1sc(NC(=O)c2cc3c(C)nn(Cc4ccc(Cl)cc4)c3s2)nc1C. The monoisotopic (exact) mass is 460 g/mol. The van der Waals surface area contributed by atoms with Gasteiger partial charge in [0.1, 0.15) is 9.71 Å². The summed E-state index contributed by atoms with van der Waals surface area (Å²) in [6, 6.07) is 9.43. The molecular weight excluding hydrogens is 444 g/mol. The summed E-state index contributed by atoms with van der Waals surface area (Å²) in [5, 5.41) is 9.34. The van der Waals surface area contributed by atoms with E-state index in [9.17, 15) is 9.59 Å². The Hall–Kier alpha value is -2.75. The number of nitrogens with one attached hydrogen (secondary N) is 1. The third kappa shape index (κ3) is 3.96. The molecule has 154 valence electrons. The molecule has 0 fully saturated rings. The lowest BCUT2D eigenvalue weighted by Crippen LogP contribution is -2.09. The number of amides is 1. The molecule has 4 aromatic rings. The summed E-state index contributed by atoms with van der Waals surface area (Å²) < 4.78 is 6.62. The molecule has 0 spiro atoms. The van der Waals surface area contributed by atoms with Crippen molar-refractivity contribution in [1.29, 1.82) is 0 Å². The zero-order chi connectivity index (χ0) is 21.4. The maximum absolute atomic E-state index is 12.8. The molecule has 10 heteroatoms. The highest BCUT2D eigenvalue weighted by atomic mass is 35.5. The van der Waals surface area contributed by atoms with Gasteiger partial charge in [-0.3, -0.25) is 14.8 Å². The summed E-state index contributed by atoms with van der Waals surface area (Å²) in [4.78, 5) is 30.6.